The first-order chi connectivity index (χ1) is 16.4. The highest BCUT2D eigenvalue weighted by atomic mass is 32.2. The van der Waals surface area contributed by atoms with E-state index >= 15 is 0 Å². The molecule has 3 aromatic carbocycles. The standard InChI is InChI=1S/C26H22N2O4S2/c1-17-10-4-9-15-24(17)34(29,30)27-26-28(20-12-6-8-14-23(20)31-3)21(16-33-26)25-18(2)32-22-13-7-5-11-19(22)25/h4-16H,1-3H3. The van der Waals surface area contributed by atoms with Gasteiger partial charge in [-0.05, 0) is 43.7 Å². The second kappa shape index (κ2) is 8.62. The molecular formula is C26H22N2O4S2. The first kappa shape index (κ1) is 22.2. The molecule has 6 nitrogen and oxygen atoms in total. The Balaban J connectivity index is 1.85. The van der Waals surface area contributed by atoms with Crippen molar-refractivity contribution < 1.29 is 17.6 Å². The molecule has 0 fully saturated rings. The summed E-state index contributed by atoms with van der Waals surface area (Å²) in [5.74, 6) is 1.33. The number of aromatic nitrogens is 1. The van der Waals surface area contributed by atoms with E-state index in [0.29, 0.717) is 21.8 Å². The smallest absolute Gasteiger partial charge is 0.285 e. The molecule has 0 aliphatic rings. The number of ether oxygens (including phenoxy) is 1. The lowest BCUT2D eigenvalue weighted by Crippen LogP contribution is -2.17. The van der Waals surface area contributed by atoms with E-state index in [1.807, 2.05) is 65.4 Å². The third kappa shape index (κ3) is 3.74. The highest BCUT2D eigenvalue weighted by Crippen LogP contribution is 2.37. The summed E-state index contributed by atoms with van der Waals surface area (Å²) in [5.41, 5.74) is 3.75. The van der Waals surface area contributed by atoms with Crippen LogP contribution in [0.5, 0.6) is 5.75 Å². The number of nitrogens with zero attached hydrogens (tertiary/aromatic N) is 2. The number of benzene rings is 3. The first-order valence-corrected chi connectivity index (χ1v) is 12.9. The van der Waals surface area contributed by atoms with Gasteiger partial charge in [0.05, 0.1) is 23.4 Å². The minimum absolute atomic E-state index is 0.182. The van der Waals surface area contributed by atoms with Gasteiger partial charge in [-0.1, -0.05) is 48.5 Å². The summed E-state index contributed by atoms with van der Waals surface area (Å²) in [7, 11) is -2.36. The minimum Gasteiger partial charge on any atom is -0.495 e. The van der Waals surface area contributed by atoms with Crippen molar-refractivity contribution in [2.45, 2.75) is 18.7 Å². The number of furan rings is 1. The van der Waals surface area contributed by atoms with Crippen molar-refractivity contribution in [3.05, 3.63) is 94.3 Å². The third-order valence-corrected chi connectivity index (χ3v) is 8.00. The van der Waals surface area contributed by atoms with Crippen molar-refractivity contribution >= 4 is 32.3 Å². The normalized spacial score (nSPS) is 12.4. The average Bonchev–Trinajstić information content (AvgIpc) is 3.37. The predicted molar refractivity (Wildman–Crippen MR) is 134 cm³/mol. The summed E-state index contributed by atoms with van der Waals surface area (Å²) in [4.78, 5) is 0.494. The number of aryl methyl sites for hydroxylation is 2. The highest BCUT2D eigenvalue weighted by molar-refractivity contribution is 7.90. The molecule has 0 saturated heterocycles. The first-order valence-electron chi connectivity index (χ1n) is 10.6. The molecule has 34 heavy (non-hydrogen) atoms. The van der Waals surface area contributed by atoms with Crippen LogP contribution >= 0.6 is 11.3 Å². The Morgan fingerprint density at radius 1 is 0.941 bits per heavy atom. The molecule has 5 rings (SSSR count). The lowest BCUT2D eigenvalue weighted by Gasteiger charge is -2.13. The number of fused-ring (bicyclic) bond motifs is 1. The number of sulfonamides is 1. The molecule has 0 saturated carbocycles. The molecular weight excluding hydrogens is 468 g/mol. The van der Waals surface area contributed by atoms with Crippen molar-refractivity contribution in [2.24, 2.45) is 4.40 Å². The van der Waals surface area contributed by atoms with Crippen LogP contribution in [0.15, 0.2) is 91.9 Å². The summed E-state index contributed by atoms with van der Waals surface area (Å²) in [6.45, 7) is 3.66. The van der Waals surface area contributed by atoms with Crippen molar-refractivity contribution in [1.29, 1.82) is 0 Å². The van der Waals surface area contributed by atoms with Crippen LogP contribution in [0.25, 0.3) is 27.9 Å². The largest absolute Gasteiger partial charge is 0.495 e. The van der Waals surface area contributed by atoms with Gasteiger partial charge in [-0.25, -0.2) is 0 Å². The zero-order valence-corrected chi connectivity index (χ0v) is 20.5. The maximum absolute atomic E-state index is 13.3. The molecule has 0 spiro atoms. The Hall–Kier alpha value is -3.62. The Bertz CT molecular complexity index is 1690. The van der Waals surface area contributed by atoms with Gasteiger partial charge in [-0.15, -0.1) is 15.7 Å². The van der Waals surface area contributed by atoms with Gasteiger partial charge < -0.3 is 9.15 Å². The van der Waals surface area contributed by atoms with Crippen LogP contribution in [0.1, 0.15) is 11.3 Å². The lowest BCUT2D eigenvalue weighted by atomic mass is 10.1. The molecule has 2 aromatic heterocycles. The predicted octanol–water partition coefficient (Wildman–Crippen LogP) is 5.87. The maximum atomic E-state index is 13.3. The van der Waals surface area contributed by atoms with Gasteiger partial charge in [0.1, 0.15) is 17.1 Å². The summed E-state index contributed by atoms with van der Waals surface area (Å²) in [6, 6.07) is 22.1. The van der Waals surface area contributed by atoms with E-state index in [1.54, 1.807) is 38.3 Å². The van der Waals surface area contributed by atoms with Gasteiger partial charge in [0.15, 0.2) is 0 Å². The van der Waals surface area contributed by atoms with Gasteiger partial charge in [-0.3, -0.25) is 4.57 Å². The van der Waals surface area contributed by atoms with Crippen molar-refractivity contribution in [2.75, 3.05) is 7.11 Å². The minimum atomic E-state index is -3.95. The van der Waals surface area contributed by atoms with E-state index < -0.39 is 10.0 Å². The molecule has 5 aromatic rings. The number of thiazole rings is 1. The molecule has 0 aliphatic carbocycles. The lowest BCUT2D eigenvalue weighted by molar-refractivity contribution is 0.413. The van der Waals surface area contributed by atoms with Crippen LogP contribution in [-0.4, -0.2) is 20.1 Å². The Kier molecular flexibility index (Phi) is 5.63. The van der Waals surface area contributed by atoms with Gasteiger partial charge in [-0.2, -0.15) is 8.42 Å². The van der Waals surface area contributed by atoms with E-state index in [2.05, 4.69) is 4.40 Å². The fourth-order valence-corrected chi connectivity index (χ4v) is 6.40. The summed E-state index contributed by atoms with van der Waals surface area (Å²) >= 11 is 1.25. The molecule has 0 radical (unpaired) electrons. The van der Waals surface area contributed by atoms with E-state index in [4.69, 9.17) is 9.15 Å². The third-order valence-electron chi connectivity index (χ3n) is 5.63. The second-order valence-electron chi connectivity index (χ2n) is 7.77. The zero-order valence-electron chi connectivity index (χ0n) is 18.8. The second-order valence-corrected chi connectivity index (χ2v) is 10.2. The molecule has 0 atom stereocenters. The number of hydrogen-bond acceptors (Lipinski definition) is 5. The maximum Gasteiger partial charge on any atom is 0.285 e. The van der Waals surface area contributed by atoms with Crippen molar-refractivity contribution in [3.63, 3.8) is 0 Å². The molecule has 0 aliphatic heterocycles. The molecule has 0 unspecified atom stereocenters. The zero-order chi connectivity index (χ0) is 23.9. The Labute approximate surface area is 201 Å². The molecule has 8 heteroatoms. The van der Waals surface area contributed by atoms with Gasteiger partial charge in [0.2, 0.25) is 4.80 Å². The van der Waals surface area contributed by atoms with E-state index in [-0.39, 0.29) is 4.90 Å². The Morgan fingerprint density at radius 3 is 2.44 bits per heavy atom. The van der Waals surface area contributed by atoms with Crippen LogP contribution < -0.4 is 9.54 Å². The van der Waals surface area contributed by atoms with E-state index in [9.17, 15) is 8.42 Å². The molecule has 0 bridgehead atoms. The van der Waals surface area contributed by atoms with E-state index in [0.717, 1.165) is 28.0 Å². The average molecular weight is 491 g/mol. The monoisotopic (exact) mass is 490 g/mol. The van der Waals surface area contributed by atoms with Crippen LogP contribution in [0.4, 0.5) is 0 Å². The van der Waals surface area contributed by atoms with Gasteiger partial charge in [0, 0.05) is 16.3 Å². The fourth-order valence-electron chi connectivity index (χ4n) is 4.08. The topological polar surface area (TPSA) is 73.8 Å². The quantitative estimate of drug-likeness (QED) is 0.309. The van der Waals surface area contributed by atoms with Crippen LogP contribution in [0.2, 0.25) is 0 Å². The molecule has 0 N–H and O–H groups in total. The van der Waals surface area contributed by atoms with Crippen LogP contribution in [-0.2, 0) is 10.0 Å². The van der Waals surface area contributed by atoms with Crippen molar-refractivity contribution in [1.82, 2.24) is 4.57 Å². The Morgan fingerprint density at radius 2 is 1.65 bits per heavy atom. The SMILES string of the molecule is COc1ccccc1-n1c(-c2c(C)oc3ccccc23)csc1=NS(=O)(=O)c1ccccc1C. The molecule has 0 amide bonds. The molecule has 172 valence electrons. The number of rotatable bonds is 5. The highest BCUT2D eigenvalue weighted by Gasteiger charge is 2.22. The van der Waals surface area contributed by atoms with E-state index in [1.165, 1.54) is 11.3 Å². The van der Waals surface area contributed by atoms with Crippen LogP contribution in [0, 0.1) is 13.8 Å². The number of para-hydroxylation sites is 3. The van der Waals surface area contributed by atoms with Crippen LogP contribution in [0.3, 0.4) is 0 Å². The number of hydrogen-bond donors (Lipinski definition) is 0. The fraction of sp³-hybridized carbons (Fsp3) is 0.115. The summed E-state index contributed by atoms with van der Waals surface area (Å²) in [6.07, 6.45) is 0. The number of methoxy groups -OCH3 is 1. The van der Waals surface area contributed by atoms with Gasteiger partial charge >= 0.3 is 0 Å². The summed E-state index contributed by atoms with van der Waals surface area (Å²) < 4.78 is 44.4. The molecule has 2 heterocycles. The summed E-state index contributed by atoms with van der Waals surface area (Å²) in [5, 5.41) is 2.85. The van der Waals surface area contributed by atoms with Crippen molar-refractivity contribution in [3.8, 4) is 22.7 Å². The van der Waals surface area contributed by atoms with Gasteiger partial charge in [0.25, 0.3) is 10.0 Å².